The average Bonchev–Trinajstić information content (AvgIpc) is 3.04. The summed E-state index contributed by atoms with van der Waals surface area (Å²) in [5, 5.41) is 1.55. The van der Waals surface area contributed by atoms with Crippen LogP contribution in [0.2, 0.25) is 5.02 Å². The Hall–Kier alpha value is -2.70. The first-order valence-electron chi connectivity index (χ1n) is 8.15. The van der Waals surface area contributed by atoms with E-state index < -0.39 is 5.97 Å². The van der Waals surface area contributed by atoms with Crippen LogP contribution in [0, 0.1) is 6.92 Å². The fraction of sp³-hybridized carbons (Fsp3) is 0.150. The van der Waals surface area contributed by atoms with E-state index >= 15 is 0 Å². The summed E-state index contributed by atoms with van der Waals surface area (Å²) >= 11 is 7.53. The molecule has 136 valence electrons. The number of carbonyl (C=O) groups excluding carboxylic acids is 1. The number of aryl methyl sites for hydroxylation is 1. The van der Waals surface area contributed by atoms with Crippen molar-refractivity contribution in [1.82, 2.24) is 9.97 Å². The predicted octanol–water partition coefficient (Wildman–Crippen LogP) is 5.27. The fourth-order valence-corrected chi connectivity index (χ4v) is 4.34. The highest BCUT2D eigenvalue weighted by Crippen LogP contribution is 2.42. The Morgan fingerprint density at radius 3 is 2.52 bits per heavy atom. The molecule has 4 rings (SSSR count). The minimum Gasteiger partial charge on any atom is -0.495 e. The minimum atomic E-state index is -0.511. The summed E-state index contributed by atoms with van der Waals surface area (Å²) in [7, 11) is 2.90. The molecular formula is C20H15ClN2O3S. The van der Waals surface area contributed by atoms with E-state index in [-0.39, 0.29) is 5.69 Å². The first-order valence-corrected chi connectivity index (χ1v) is 9.34. The molecule has 3 aromatic heterocycles. The Morgan fingerprint density at radius 1 is 1.11 bits per heavy atom. The molecule has 27 heavy (non-hydrogen) atoms. The van der Waals surface area contributed by atoms with E-state index in [9.17, 15) is 4.79 Å². The molecule has 0 amide bonds. The van der Waals surface area contributed by atoms with Gasteiger partial charge in [0.2, 0.25) is 0 Å². The van der Waals surface area contributed by atoms with Gasteiger partial charge in [0.05, 0.1) is 24.4 Å². The maximum absolute atomic E-state index is 12.1. The monoisotopic (exact) mass is 398 g/mol. The largest absolute Gasteiger partial charge is 0.495 e. The number of pyridine rings is 2. The van der Waals surface area contributed by atoms with Gasteiger partial charge in [-0.3, -0.25) is 0 Å². The van der Waals surface area contributed by atoms with E-state index in [1.54, 1.807) is 13.2 Å². The molecule has 7 heteroatoms. The Kier molecular flexibility index (Phi) is 4.45. The Bertz CT molecular complexity index is 1190. The van der Waals surface area contributed by atoms with Gasteiger partial charge in [-0.2, -0.15) is 0 Å². The van der Waals surface area contributed by atoms with Gasteiger partial charge >= 0.3 is 5.97 Å². The molecule has 0 unspecified atom stereocenters. The Morgan fingerprint density at radius 2 is 1.85 bits per heavy atom. The number of benzene rings is 1. The SMILES string of the molecule is COC(=O)c1cc(OC)c2sc3nc(C)cc(-c4ccc(Cl)cc4)c3c2n1. The molecular weight excluding hydrogens is 384 g/mol. The highest BCUT2D eigenvalue weighted by Gasteiger charge is 2.20. The second kappa shape index (κ2) is 6.79. The zero-order chi connectivity index (χ0) is 19.1. The Balaban J connectivity index is 2.12. The molecule has 3 heterocycles. The number of halogens is 1. The van der Waals surface area contributed by atoms with Gasteiger partial charge in [0, 0.05) is 22.2 Å². The first kappa shape index (κ1) is 17.7. The lowest BCUT2D eigenvalue weighted by Crippen LogP contribution is -2.04. The first-order chi connectivity index (χ1) is 13.0. The van der Waals surface area contributed by atoms with Gasteiger partial charge < -0.3 is 9.47 Å². The standard InChI is InChI=1S/C20H15ClN2O3S/c1-10-8-13(11-4-6-12(21)7-5-11)16-17-18(27-19(16)22-10)15(25-2)9-14(23-17)20(24)26-3/h4-9H,1-3H3. The number of hydrogen-bond acceptors (Lipinski definition) is 6. The third-order valence-corrected chi connectivity index (χ3v) is 5.60. The summed E-state index contributed by atoms with van der Waals surface area (Å²) in [6.07, 6.45) is 0. The van der Waals surface area contributed by atoms with Gasteiger partial charge in [0.25, 0.3) is 0 Å². The van der Waals surface area contributed by atoms with Crippen LogP contribution in [0.25, 0.3) is 31.6 Å². The number of rotatable bonds is 3. The molecule has 0 fully saturated rings. The molecule has 0 atom stereocenters. The zero-order valence-corrected chi connectivity index (χ0v) is 16.4. The summed E-state index contributed by atoms with van der Waals surface area (Å²) in [6, 6.07) is 11.2. The summed E-state index contributed by atoms with van der Waals surface area (Å²) in [5.41, 5.74) is 3.75. The smallest absolute Gasteiger partial charge is 0.356 e. The highest BCUT2D eigenvalue weighted by atomic mass is 35.5. The third kappa shape index (κ3) is 3.01. The zero-order valence-electron chi connectivity index (χ0n) is 14.9. The number of aromatic nitrogens is 2. The topological polar surface area (TPSA) is 61.3 Å². The quantitative estimate of drug-likeness (QED) is 0.440. The number of methoxy groups -OCH3 is 2. The maximum atomic E-state index is 12.1. The Labute approximate surface area is 164 Å². The van der Waals surface area contributed by atoms with Crippen molar-refractivity contribution in [3.8, 4) is 16.9 Å². The van der Waals surface area contributed by atoms with Crippen molar-refractivity contribution in [2.45, 2.75) is 6.92 Å². The van der Waals surface area contributed by atoms with Crippen LogP contribution < -0.4 is 4.74 Å². The van der Waals surface area contributed by atoms with Crippen molar-refractivity contribution in [2.75, 3.05) is 14.2 Å². The molecule has 0 aliphatic rings. The molecule has 0 saturated carbocycles. The van der Waals surface area contributed by atoms with Gasteiger partial charge in [-0.15, -0.1) is 11.3 Å². The number of nitrogens with zero attached hydrogens (tertiary/aromatic N) is 2. The average molecular weight is 399 g/mol. The molecule has 0 bridgehead atoms. The van der Waals surface area contributed by atoms with Crippen molar-refractivity contribution in [2.24, 2.45) is 0 Å². The molecule has 1 aromatic carbocycles. The van der Waals surface area contributed by atoms with Crippen LogP contribution in [0.15, 0.2) is 36.4 Å². The maximum Gasteiger partial charge on any atom is 0.356 e. The minimum absolute atomic E-state index is 0.198. The molecule has 0 saturated heterocycles. The highest BCUT2D eigenvalue weighted by molar-refractivity contribution is 7.25. The summed E-state index contributed by atoms with van der Waals surface area (Å²) in [4.78, 5) is 22.1. The van der Waals surface area contributed by atoms with Crippen LogP contribution in [0.4, 0.5) is 0 Å². The number of esters is 1. The third-order valence-electron chi connectivity index (χ3n) is 4.26. The van der Waals surface area contributed by atoms with E-state index in [4.69, 9.17) is 21.1 Å². The summed E-state index contributed by atoms with van der Waals surface area (Å²) in [5.74, 6) is 0.0609. The number of fused-ring (bicyclic) bond motifs is 3. The van der Waals surface area contributed by atoms with Crippen LogP contribution >= 0.6 is 22.9 Å². The number of thiophene rings is 1. The lowest BCUT2D eigenvalue weighted by Gasteiger charge is -2.07. The van der Waals surface area contributed by atoms with Crippen LogP contribution in [0.5, 0.6) is 5.75 Å². The second-order valence-corrected chi connectivity index (χ2v) is 7.41. The molecule has 0 spiro atoms. The van der Waals surface area contributed by atoms with E-state index in [1.807, 2.05) is 37.3 Å². The van der Waals surface area contributed by atoms with E-state index in [2.05, 4.69) is 9.97 Å². The van der Waals surface area contributed by atoms with Gasteiger partial charge in [0.1, 0.15) is 10.6 Å². The lowest BCUT2D eigenvalue weighted by atomic mass is 10.0. The van der Waals surface area contributed by atoms with E-state index in [0.29, 0.717) is 16.3 Å². The summed E-state index contributed by atoms with van der Waals surface area (Å²) < 4.78 is 11.2. The van der Waals surface area contributed by atoms with Crippen molar-refractivity contribution in [3.05, 3.63) is 52.8 Å². The van der Waals surface area contributed by atoms with E-state index in [0.717, 1.165) is 31.7 Å². The van der Waals surface area contributed by atoms with E-state index in [1.165, 1.54) is 18.4 Å². The van der Waals surface area contributed by atoms with Crippen molar-refractivity contribution >= 4 is 49.3 Å². The fourth-order valence-electron chi connectivity index (χ4n) is 3.04. The van der Waals surface area contributed by atoms with Crippen LogP contribution in [-0.4, -0.2) is 30.2 Å². The molecule has 5 nitrogen and oxygen atoms in total. The van der Waals surface area contributed by atoms with Gasteiger partial charge in [-0.05, 0) is 36.2 Å². The lowest BCUT2D eigenvalue weighted by molar-refractivity contribution is 0.0594. The van der Waals surface area contributed by atoms with Crippen LogP contribution in [-0.2, 0) is 4.74 Å². The molecule has 0 aliphatic carbocycles. The number of carbonyl (C=O) groups is 1. The van der Waals surface area contributed by atoms with Gasteiger partial charge in [-0.1, -0.05) is 23.7 Å². The summed E-state index contributed by atoms with van der Waals surface area (Å²) in [6.45, 7) is 1.95. The molecule has 0 radical (unpaired) electrons. The molecule has 0 aliphatic heterocycles. The number of ether oxygens (including phenoxy) is 2. The van der Waals surface area contributed by atoms with Crippen LogP contribution in [0.3, 0.4) is 0 Å². The second-order valence-electron chi connectivity index (χ2n) is 5.98. The van der Waals surface area contributed by atoms with Crippen molar-refractivity contribution in [3.63, 3.8) is 0 Å². The normalized spacial score (nSPS) is 11.1. The van der Waals surface area contributed by atoms with Crippen molar-refractivity contribution in [1.29, 1.82) is 0 Å². The van der Waals surface area contributed by atoms with Crippen molar-refractivity contribution < 1.29 is 14.3 Å². The molecule has 0 N–H and O–H groups in total. The predicted molar refractivity (Wildman–Crippen MR) is 108 cm³/mol. The van der Waals surface area contributed by atoms with Crippen LogP contribution in [0.1, 0.15) is 16.2 Å². The number of hydrogen-bond donors (Lipinski definition) is 0. The van der Waals surface area contributed by atoms with Gasteiger partial charge in [0.15, 0.2) is 5.69 Å². The molecule has 4 aromatic rings. The van der Waals surface area contributed by atoms with Gasteiger partial charge in [-0.25, -0.2) is 14.8 Å².